The summed E-state index contributed by atoms with van der Waals surface area (Å²) >= 11 is 0. The van der Waals surface area contributed by atoms with E-state index in [9.17, 15) is 9.59 Å². The van der Waals surface area contributed by atoms with Crippen molar-refractivity contribution in [3.63, 3.8) is 0 Å². The van der Waals surface area contributed by atoms with Gasteiger partial charge in [0.25, 0.3) is 0 Å². The van der Waals surface area contributed by atoms with Crippen LogP contribution in [0.3, 0.4) is 0 Å². The zero-order valence-electron chi connectivity index (χ0n) is 11.1. The molecule has 110 valence electrons. The molecule has 0 aliphatic carbocycles. The maximum absolute atomic E-state index is 11.5. The summed E-state index contributed by atoms with van der Waals surface area (Å²) in [6.07, 6.45) is 0.629. The third-order valence-corrected chi connectivity index (χ3v) is 3.26. The van der Waals surface area contributed by atoms with E-state index >= 15 is 0 Å². The molecule has 0 radical (unpaired) electrons. The quantitative estimate of drug-likeness (QED) is 0.520. The Morgan fingerprint density at radius 3 is 2.79 bits per heavy atom. The third-order valence-electron chi connectivity index (χ3n) is 3.26. The van der Waals surface area contributed by atoms with Crippen LogP contribution in [0.1, 0.15) is 26.2 Å². The van der Waals surface area contributed by atoms with E-state index < -0.39 is 12.1 Å². The Bertz CT molecular complexity index is 310. The Labute approximate surface area is 112 Å². The van der Waals surface area contributed by atoms with Gasteiger partial charge in [0.1, 0.15) is 0 Å². The minimum absolute atomic E-state index is 0.00707. The third kappa shape index (κ3) is 5.44. The lowest BCUT2D eigenvalue weighted by atomic mass is 10.00. The first-order valence-electron chi connectivity index (χ1n) is 6.58. The van der Waals surface area contributed by atoms with E-state index in [4.69, 9.17) is 14.9 Å². The molecule has 4 N–H and O–H groups in total. The van der Waals surface area contributed by atoms with Crippen LogP contribution < -0.4 is 10.6 Å². The van der Waals surface area contributed by atoms with E-state index in [1.807, 2.05) is 0 Å². The van der Waals surface area contributed by atoms with Crippen LogP contribution in [0, 0.1) is 5.92 Å². The van der Waals surface area contributed by atoms with Crippen molar-refractivity contribution in [3.05, 3.63) is 0 Å². The van der Waals surface area contributed by atoms with Crippen LogP contribution in [0.4, 0.5) is 4.79 Å². The molecule has 1 aliphatic heterocycles. The Morgan fingerprint density at radius 2 is 2.16 bits per heavy atom. The smallest absolute Gasteiger partial charge is 0.332 e. The molecule has 1 rings (SSSR count). The van der Waals surface area contributed by atoms with Crippen LogP contribution in [-0.4, -0.2) is 54.1 Å². The Hall–Kier alpha value is -1.34. The zero-order chi connectivity index (χ0) is 14.3. The Morgan fingerprint density at radius 1 is 1.42 bits per heavy atom. The van der Waals surface area contributed by atoms with Crippen molar-refractivity contribution >= 4 is 12.0 Å². The van der Waals surface area contributed by atoms with Crippen LogP contribution in [-0.2, 0) is 9.53 Å². The highest BCUT2D eigenvalue weighted by atomic mass is 16.5. The van der Waals surface area contributed by atoms with Gasteiger partial charge in [-0.15, -0.1) is 0 Å². The molecule has 0 spiro atoms. The molecule has 7 nitrogen and oxygen atoms in total. The van der Waals surface area contributed by atoms with Gasteiger partial charge in [-0.3, -0.25) is 0 Å². The summed E-state index contributed by atoms with van der Waals surface area (Å²) in [6, 6.07) is -0.348. The number of carbonyl (C=O) groups excluding carboxylic acids is 1. The van der Waals surface area contributed by atoms with E-state index in [-0.39, 0.29) is 25.1 Å². The van der Waals surface area contributed by atoms with Crippen LogP contribution in [0.5, 0.6) is 0 Å². The molecule has 7 heteroatoms. The van der Waals surface area contributed by atoms with Gasteiger partial charge in [-0.2, -0.15) is 0 Å². The molecule has 0 aromatic rings. The maximum atomic E-state index is 11.5. The Balaban J connectivity index is 2.12. The summed E-state index contributed by atoms with van der Waals surface area (Å²) in [5, 5.41) is 22.7. The number of hydrogen-bond donors (Lipinski definition) is 4. The maximum Gasteiger partial charge on any atom is 0.332 e. The number of carbonyl (C=O) groups is 2. The number of carboxylic acid groups (broad SMARTS) is 1. The standard InChI is InChI=1S/C12H22N2O5/c1-2-10-8(4-6-19-10)7-14-12(18)13-5-3-9(15)11(16)17/h8-10,15H,2-7H2,1H3,(H,16,17)(H2,13,14,18)/t8?,9-,10?/m0/s1. The predicted molar refractivity (Wildman–Crippen MR) is 67.8 cm³/mol. The number of hydrogen-bond acceptors (Lipinski definition) is 4. The van der Waals surface area contributed by atoms with Crippen molar-refractivity contribution < 1.29 is 24.5 Å². The highest BCUT2D eigenvalue weighted by Crippen LogP contribution is 2.22. The topological polar surface area (TPSA) is 108 Å². The molecule has 2 amide bonds. The highest BCUT2D eigenvalue weighted by Gasteiger charge is 2.26. The molecule has 0 bridgehead atoms. The van der Waals surface area contributed by atoms with E-state index in [0.717, 1.165) is 19.4 Å². The second-order valence-electron chi connectivity index (χ2n) is 4.65. The lowest BCUT2D eigenvalue weighted by Crippen LogP contribution is -2.41. The predicted octanol–water partition coefficient (Wildman–Crippen LogP) is -0.0637. The van der Waals surface area contributed by atoms with E-state index in [1.165, 1.54) is 0 Å². The number of amides is 2. The van der Waals surface area contributed by atoms with Crippen molar-refractivity contribution in [2.45, 2.75) is 38.4 Å². The minimum atomic E-state index is -1.44. The van der Waals surface area contributed by atoms with Gasteiger partial charge in [0.05, 0.1) is 6.10 Å². The average molecular weight is 274 g/mol. The van der Waals surface area contributed by atoms with Gasteiger partial charge in [0.15, 0.2) is 6.10 Å². The first-order valence-corrected chi connectivity index (χ1v) is 6.58. The summed E-state index contributed by atoms with van der Waals surface area (Å²) in [5.74, 6) is -0.948. The van der Waals surface area contributed by atoms with Crippen molar-refractivity contribution in [3.8, 4) is 0 Å². The fraction of sp³-hybridized carbons (Fsp3) is 0.833. The number of carboxylic acids is 1. The highest BCUT2D eigenvalue weighted by molar-refractivity contribution is 5.74. The Kier molecular flexibility index (Phi) is 6.58. The lowest BCUT2D eigenvalue weighted by molar-refractivity contribution is -0.146. The number of ether oxygens (including phenoxy) is 1. The second-order valence-corrected chi connectivity index (χ2v) is 4.65. The minimum Gasteiger partial charge on any atom is -0.479 e. The van der Waals surface area contributed by atoms with Crippen LogP contribution >= 0.6 is 0 Å². The molecule has 0 saturated carbocycles. The normalized spacial score (nSPS) is 23.9. The summed E-state index contributed by atoms with van der Waals surface area (Å²) in [4.78, 5) is 21.8. The molecule has 0 aromatic heterocycles. The largest absolute Gasteiger partial charge is 0.479 e. The summed E-state index contributed by atoms with van der Waals surface area (Å²) in [5.41, 5.74) is 0. The van der Waals surface area contributed by atoms with Gasteiger partial charge in [-0.25, -0.2) is 9.59 Å². The average Bonchev–Trinajstić information content (AvgIpc) is 2.83. The van der Waals surface area contributed by atoms with Gasteiger partial charge >= 0.3 is 12.0 Å². The summed E-state index contributed by atoms with van der Waals surface area (Å²) < 4.78 is 5.52. The number of rotatable bonds is 7. The molecular weight excluding hydrogens is 252 g/mol. The molecule has 1 aliphatic rings. The van der Waals surface area contributed by atoms with Crippen molar-refractivity contribution in [1.82, 2.24) is 10.6 Å². The van der Waals surface area contributed by atoms with E-state index in [2.05, 4.69) is 17.6 Å². The van der Waals surface area contributed by atoms with Gasteiger partial charge < -0.3 is 25.6 Å². The SMILES string of the molecule is CCC1OCCC1CNC(=O)NCC[C@H](O)C(=O)O. The molecule has 1 heterocycles. The number of aliphatic hydroxyl groups excluding tert-OH is 1. The van der Waals surface area contributed by atoms with Crippen LogP contribution in [0.2, 0.25) is 0 Å². The second kappa shape index (κ2) is 7.96. The van der Waals surface area contributed by atoms with Crippen molar-refractivity contribution in [2.75, 3.05) is 19.7 Å². The lowest BCUT2D eigenvalue weighted by Gasteiger charge is -2.17. The van der Waals surface area contributed by atoms with Gasteiger partial charge in [-0.05, 0) is 12.8 Å². The first kappa shape index (κ1) is 15.7. The molecule has 2 unspecified atom stereocenters. The summed E-state index contributed by atoms with van der Waals surface area (Å²) in [7, 11) is 0. The van der Waals surface area contributed by atoms with E-state index in [0.29, 0.717) is 12.5 Å². The van der Waals surface area contributed by atoms with Gasteiger partial charge in [0, 0.05) is 32.0 Å². The first-order chi connectivity index (χ1) is 9.04. The van der Waals surface area contributed by atoms with E-state index in [1.54, 1.807) is 0 Å². The number of nitrogens with one attached hydrogen (secondary N) is 2. The number of aliphatic hydroxyl groups is 1. The molecular formula is C12H22N2O5. The van der Waals surface area contributed by atoms with Crippen LogP contribution in [0.15, 0.2) is 0 Å². The molecule has 1 fully saturated rings. The van der Waals surface area contributed by atoms with Gasteiger partial charge in [-0.1, -0.05) is 6.92 Å². The monoisotopic (exact) mass is 274 g/mol. The number of aliphatic carboxylic acids is 1. The van der Waals surface area contributed by atoms with Gasteiger partial charge in [0.2, 0.25) is 0 Å². The van der Waals surface area contributed by atoms with Crippen LogP contribution in [0.25, 0.3) is 0 Å². The zero-order valence-corrected chi connectivity index (χ0v) is 11.1. The van der Waals surface area contributed by atoms with Crippen molar-refractivity contribution in [1.29, 1.82) is 0 Å². The molecule has 19 heavy (non-hydrogen) atoms. The molecule has 3 atom stereocenters. The fourth-order valence-corrected chi connectivity index (χ4v) is 2.11. The molecule has 0 aromatic carbocycles. The molecule has 1 saturated heterocycles. The summed E-state index contributed by atoms with van der Waals surface area (Å²) in [6.45, 7) is 3.46. The fourth-order valence-electron chi connectivity index (χ4n) is 2.11. The number of urea groups is 1. The van der Waals surface area contributed by atoms with Crippen molar-refractivity contribution in [2.24, 2.45) is 5.92 Å².